The van der Waals surface area contributed by atoms with Crippen LogP contribution < -0.4 is 10.1 Å². The number of aromatic nitrogens is 2. The van der Waals surface area contributed by atoms with E-state index in [4.69, 9.17) is 9.47 Å². The molecule has 0 radical (unpaired) electrons. The van der Waals surface area contributed by atoms with Crippen LogP contribution in [-0.4, -0.2) is 36.3 Å². The molecule has 0 amide bonds. The van der Waals surface area contributed by atoms with Gasteiger partial charge in [0.2, 0.25) is 11.8 Å². The molecule has 0 unspecified atom stereocenters. The standard InChI is InChI=1S/C13H20FN3O2/c1-2-5-15-13-16-8-11(14)12(17-13)19-9-10-3-6-18-7-4-10/h8,10H,2-7,9H2,1H3,(H,15,16,17). The molecular formula is C13H20FN3O2. The average Bonchev–Trinajstić information content (AvgIpc) is 2.46. The number of anilines is 1. The van der Waals surface area contributed by atoms with Crippen LogP contribution in [0.25, 0.3) is 0 Å². The monoisotopic (exact) mass is 269 g/mol. The van der Waals surface area contributed by atoms with Gasteiger partial charge in [0, 0.05) is 19.8 Å². The van der Waals surface area contributed by atoms with Crippen molar-refractivity contribution in [2.24, 2.45) is 5.92 Å². The van der Waals surface area contributed by atoms with Crippen LogP contribution in [0, 0.1) is 11.7 Å². The summed E-state index contributed by atoms with van der Waals surface area (Å²) in [7, 11) is 0. The predicted octanol–water partition coefficient (Wildman–Crippen LogP) is 2.24. The first-order chi connectivity index (χ1) is 9.29. The lowest BCUT2D eigenvalue weighted by Crippen LogP contribution is -2.22. The van der Waals surface area contributed by atoms with Gasteiger partial charge >= 0.3 is 0 Å². The molecular weight excluding hydrogens is 249 g/mol. The summed E-state index contributed by atoms with van der Waals surface area (Å²) in [5.74, 6) is 0.328. The first-order valence-electron chi connectivity index (χ1n) is 6.76. The van der Waals surface area contributed by atoms with Gasteiger partial charge in [-0.25, -0.2) is 4.98 Å². The highest BCUT2D eigenvalue weighted by Gasteiger charge is 2.16. The molecule has 106 valence electrons. The van der Waals surface area contributed by atoms with Crippen molar-refractivity contribution in [1.29, 1.82) is 0 Å². The SMILES string of the molecule is CCCNc1ncc(F)c(OCC2CCOCC2)n1. The number of hydrogen-bond acceptors (Lipinski definition) is 5. The topological polar surface area (TPSA) is 56.3 Å². The van der Waals surface area contributed by atoms with Crippen LogP contribution in [0.1, 0.15) is 26.2 Å². The van der Waals surface area contributed by atoms with Crippen molar-refractivity contribution in [1.82, 2.24) is 9.97 Å². The summed E-state index contributed by atoms with van der Waals surface area (Å²) >= 11 is 0. The molecule has 1 aliphatic rings. The largest absolute Gasteiger partial charge is 0.475 e. The normalized spacial score (nSPS) is 16.3. The Hall–Kier alpha value is -1.43. The highest BCUT2D eigenvalue weighted by Crippen LogP contribution is 2.19. The van der Waals surface area contributed by atoms with Gasteiger partial charge in [-0.2, -0.15) is 9.37 Å². The Morgan fingerprint density at radius 3 is 3.00 bits per heavy atom. The molecule has 5 nitrogen and oxygen atoms in total. The summed E-state index contributed by atoms with van der Waals surface area (Å²) in [5, 5.41) is 3.01. The Morgan fingerprint density at radius 1 is 1.47 bits per heavy atom. The van der Waals surface area contributed by atoms with E-state index in [9.17, 15) is 4.39 Å². The van der Waals surface area contributed by atoms with Gasteiger partial charge in [0.1, 0.15) is 0 Å². The zero-order valence-corrected chi connectivity index (χ0v) is 11.2. The van der Waals surface area contributed by atoms with E-state index in [1.165, 1.54) is 0 Å². The number of nitrogens with one attached hydrogen (secondary N) is 1. The quantitative estimate of drug-likeness (QED) is 0.858. The number of ether oxygens (including phenoxy) is 2. The maximum atomic E-state index is 13.5. The highest BCUT2D eigenvalue weighted by molar-refractivity contribution is 5.28. The van der Waals surface area contributed by atoms with Crippen molar-refractivity contribution in [3.8, 4) is 5.88 Å². The molecule has 1 N–H and O–H groups in total. The Kier molecular flexibility index (Phi) is 5.32. The van der Waals surface area contributed by atoms with Crippen molar-refractivity contribution in [2.45, 2.75) is 26.2 Å². The molecule has 1 aromatic rings. The Morgan fingerprint density at radius 2 is 2.26 bits per heavy atom. The van der Waals surface area contributed by atoms with Crippen molar-refractivity contribution >= 4 is 5.95 Å². The van der Waals surface area contributed by atoms with Crippen molar-refractivity contribution in [2.75, 3.05) is 31.7 Å². The van der Waals surface area contributed by atoms with Gasteiger partial charge in [0.05, 0.1) is 12.8 Å². The molecule has 0 aliphatic carbocycles. The molecule has 0 aromatic carbocycles. The van der Waals surface area contributed by atoms with Gasteiger partial charge in [0.25, 0.3) is 5.88 Å². The maximum Gasteiger partial charge on any atom is 0.255 e. The van der Waals surface area contributed by atoms with Crippen molar-refractivity contribution < 1.29 is 13.9 Å². The lowest BCUT2D eigenvalue weighted by atomic mass is 10.0. The Balaban J connectivity index is 1.90. The molecule has 0 spiro atoms. The van der Waals surface area contributed by atoms with E-state index in [1.807, 2.05) is 6.92 Å². The molecule has 1 aliphatic heterocycles. The summed E-state index contributed by atoms with van der Waals surface area (Å²) < 4.78 is 24.3. The van der Waals surface area contributed by atoms with Gasteiger partial charge in [-0.1, -0.05) is 6.92 Å². The lowest BCUT2D eigenvalue weighted by Gasteiger charge is -2.21. The van der Waals surface area contributed by atoms with Crippen LogP contribution in [-0.2, 0) is 4.74 Å². The summed E-state index contributed by atoms with van der Waals surface area (Å²) in [4.78, 5) is 7.92. The first-order valence-corrected chi connectivity index (χ1v) is 6.76. The lowest BCUT2D eigenvalue weighted by molar-refractivity contribution is 0.0483. The third-order valence-corrected chi connectivity index (χ3v) is 3.04. The van der Waals surface area contributed by atoms with E-state index < -0.39 is 5.82 Å². The molecule has 0 bridgehead atoms. The fourth-order valence-corrected chi connectivity index (χ4v) is 1.88. The predicted molar refractivity (Wildman–Crippen MR) is 69.8 cm³/mol. The van der Waals surface area contributed by atoms with Crippen LogP contribution in [0.3, 0.4) is 0 Å². The average molecular weight is 269 g/mol. The summed E-state index contributed by atoms with van der Waals surface area (Å²) in [5.41, 5.74) is 0. The molecule has 0 atom stereocenters. The van der Waals surface area contributed by atoms with E-state index in [0.717, 1.165) is 45.2 Å². The number of halogens is 1. The Labute approximate surface area is 112 Å². The number of hydrogen-bond donors (Lipinski definition) is 1. The minimum Gasteiger partial charge on any atom is -0.475 e. The molecule has 1 fully saturated rings. The van der Waals surface area contributed by atoms with Gasteiger partial charge in [-0.3, -0.25) is 0 Å². The molecule has 1 aromatic heterocycles. The molecule has 1 saturated heterocycles. The zero-order valence-electron chi connectivity index (χ0n) is 11.2. The van der Waals surface area contributed by atoms with Crippen LogP contribution in [0.5, 0.6) is 5.88 Å². The van der Waals surface area contributed by atoms with Gasteiger partial charge in [-0.05, 0) is 25.2 Å². The van der Waals surface area contributed by atoms with E-state index in [0.29, 0.717) is 18.5 Å². The van der Waals surface area contributed by atoms with Crippen LogP contribution >= 0.6 is 0 Å². The highest BCUT2D eigenvalue weighted by atomic mass is 19.1. The minimum atomic E-state index is -0.519. The minimum absolute atomic E-state index is 0.0279. The molecule has 19 heavy (non-hydrogen) atoms. The third kappa shape index (κ3) is 4.31. The fraction of sp³-hybridized carbons (Fsp3) is 0.692. The summed E-state index contributed by atoms with van der Waals surface area (Å²) in [6.07, 6.45) is 4.00. The van der Waals surface area contributed by atoms with Crippen molar-refractivity contribution in [3.05, 3.63) is 12.0 Å². The Bertz CT molecular complexity index is 397. The van der Waals surface area contributed by atoms with Crippen molar-refractivity contribution in [3.63, 3.8) is 0 Å². The van der Waals surface area contributed by atoms with Gasteiger partial charge < -0.3 is 14.8 Å². The molecule has 2 rings (SSSR count). The van der Waals surface area contributed by atoms with Crippen LogP contribution in [0.4, 0.5) is 10.3 Å². The fourth-order valence-electron chi connectivity index (χ4n) is 1.88. The second-order valence-electron chi connectivity index (χ2n) is 4.64. The van der Waals surface area contributed by atoms with Crippen LogP contribution in [0.2, 0.25) is 0 Å². The van der Waals surface area contributed by atoms with E-state index in [2.05, 4.69) is 15.3 Å². The summed E-state index contributed by atoms with van der Waals surface area (Å²) in [6, 6.07) is 0. The first kappa shape index (κ1) is 14.0. The summed E-state index contributed by atoms with van der Waals surface area (Å²) in [6.45, 7) is 4.78. The van der Waals surface area contributed by atoms with E-state index in [1.54, 1.807) is 0 Å². The second kappa shape index (κ2) is 7.23. The maximum absolute atomic E-state index is 13.5. The van der Waals surface area contributed by atoms with E-state index >= 15 is 0 Å². The zero-order chi connectivity index (χ0) is 13.5. The smallest absolute Gasteiger partial charge is 0.255 e. The van der Waals surface area contributed by atoms with Gasteiger partial charge in [-0.15, -0.1) is 0 Å². The second-order valence-corrected chi connectivity index (χ2v) is 4.64. The third-order valence-electron chi connectivity index (χ3n) is 3.04. The van der Waals surface area contributed by atoms with E-state index in [-0.39, 0.29) is 5.88 Å². The molecule has 0 saturated carbocycles. The van der Waals surface area contributed by atoms with Gasteiger partial charge in [0.15, 0.2) is 0 Å². The number of nitrogens with zero attached hydrogens (tertiary/aromatic N) is 2. The molecule has 2 heterocycles. The van der Waals surface area contributed by atoms with Crippen LogP contribution in [0.15, 0.2) is 6.20 Å². The number of rotatable bonds is 6. The molecule has 6 heteroatoms.